The Morgan fingerprint density at radius 3 is 2.36 bits per heavy atom. The van der Waals surface area contributed by atoms with Gasteiger partial charge in [-0.1, -0.05) is 0 Å². The normalized spacial score (nSPS) is 37.9. The van der Waals surface area contributed by atoms with Crippen molar-refractivity contribution in [3.8, 4) is 0 Å². The molecule has 2 saturated heterocycles. The van der Waals surface area contributed by atoms with Crippen molar-refractivity contribution in [3.63, 3.8) is 0 Å². The lowest BCUT2D eigenvalue weighted by Gasteiger charge is -2.35. The smallest absolute Gasteiger partial charge is 0.0758 e. The summed E-state index contributed by atoms with van der Waals surface area (Å²) < 4.78 is 0. The zero-order chi connectivity index (χ0) is 10.2. The van der Waals surface area contributed by atoms with E-state index in [9.17, 15) is 5.11 Å². The molecule has 1 N–H and O–H groups in total. The van der Waals surface area contributed by atoms with Gasteiger partial charge in [-0.15, -0.1) is 0 Å². The molecule has 0 aromatic rings. The van der Waals surface area contributed by atoms with Gasteiger partial charge >= 0.3 is 0 Å². The molecular weight excluding hydrogens is 176 g/mol. The van der Waals surface area contributed by atoms with Gasteiger partial charge in [0.25, 0.3) is 0 Å². The summed E-state index contributed by atoms with van der Waals surface area (Å²) in [5.74, 6) is 0. The van der Waals surface area contributed by atoms with E-state index in [1.54, 1.807) is 0 Å². The third-order valence-electron chi connectivity index (χ3n) is 3.69. The highest BCUT2D eigenvalue weighted by atomic mass is 16.3. The highest BCUT2D eigenvalue weighted by Crippen LogP contribution is 2.26. The summed E-state index contributed by atoms with van der Waals surface area (Å²) in [6, 6.07) is 0.722. The quantitative estimate of drug-likeness (QED) is 0.666. The summed E-state index contributed by atoms with van der Waals surface area (Å²) in [7, 11) is 2.19. The first-order valence-electron chi connectivity index (χ1n) is 5.72. The molecule has 3 nitrogen and oxygen atoms in total. The lowest BCUT2D eigenvalue weighted by atomic mass is 10.0. The van der Waals surface area contributed by atoms with Crippen LogP contribution in [0.4, 0.5) is 0 Å². The second-order valence-electron chi connectivity index (χ2n) is 5.25. The van der Waals surface area contributed by atoms with Crippen LogP contribution >= 0.6 is 0 Å². The average Bonchev–Trinajstić information content (AvgIpc) is 2.47. The third-order valence-corrected chi connectivity index (χ3v) is 3.69. The van der Waals surface area contributed by atoms with Crippen LogP contribution in [0.1, 0.15) is 26.2 Å². The summed E-state index contributed by atoms with van der Waals surface area (Å²) in [6.07, 6.45) is 3.48. The van der Waals surface area contributed by atoms with E-state index in [-0.39, 0.29) is 0 Å². The van der Waals surface area contributed by atoms with Crippen molar-refractivity contribution >= 4 is 0 Å². The van der Waals surface area contributed by atoms with Gasteiger partial charge < -0.3 is 10.0 Å². The molecule has 82 valence electrons. The van der Waals surface area contributed by atoms with Gasteiger partial charge in [-0.05, 0) is 46.3 Å². The Morgan fingerprint density at radius 1 is 1.21 bits per heavy atom. The standard InChI is InChI=1S/C11H22N2O/c1-11(14)5-8-13(9-11)10-3-6-12(2)7-4-10/h10,14H,3-9H2,1-2H3. The molecule has 2 aliphatic rings. The van der Waals surface area contributed by atoms with Gasteiger partial charge in [0.1, 0.15) is 0 Å². The predicted molar refractivity (Wildman–Crippen MR) is 57.3 cm³/mol. The maximum absolute atomic E-state index is 9.90. The Bertz CT molecular complexity index is 197. The maximum Gasteiger partial charge on any atom is 0.0758 e. The van der Waals surface area contributed by atoms with Crippen molar-refractivity contribution in [2.75, 3.05) is 33.2 Å². The highest BCUT2D eigenvalue weighted by Gasteiger charge is 2.35. The summed E-state index contributed by atoms with van der Waals surface area (Å²) in [5, 5.41) is 9.90. The van der Waals surface area contributed by atoms with Crippen molar-refractivity contribution in [2.24, 2.45) is 0 Å². The molecule has 0 aromatic carbocycles. The zero-order valence-corrected chi connectivity index (χ0v) is 9.37. The monoisotopic (exact) mass is 198 g/mol. The van der Waals surface area contributed by atoms with E-state index in [1.807, 2.05) is 6.92 Å². The number of hydrogen-bond acceptors (Lipinski definition) is 3. The molecule has 0 saturated carbocycles. The fourth-order valence-electron chi connectivity index (χ4n) is 2.65. The Balaban J connectivity index is 1.85. The highest BCUT2D eigenvalue weighted by molar-refractivity contribution is 4.90. The van der Waals surface area contributed by atoms with Crippen LogP contribution < -0.4 is 0 Å². The van der Waals surface area contributed by atoms with Crippen LogP contribution in [0.15, 0.2) is 0 Å². The van der Waals surface area contributed by atoms with Crippen molar-refractivity contribution in [3.05, 3.63) is 0 Å². The molecule has 2 aliphatic heterocycles. The third kappa shape index (κ3) is 2.27. The first-order chi connectivity index (χ1) is 6.57. The molecule has 3 heteroatoms. The first kappa shape index (κ1) is 10.4. The molecule has 0 bridgehead atoms. The van der Waals surface area contributed by atoms with E-state index in [4.69, 9.17) is 0 Å². The molecule has 2 heterocycles. The Labute approximate surface area is 86.7 Å². The number of piperidine rings is 1. The molecule has 0 amide bonds. The zero-order valence-electron chi connectivity index (χ0n) is 9.37. The molecule has 1 atom stereocenters. The minimum atomic E-state index is -0.427. The van der Waals surface area contributed by atoms with Crippen LogP contribution in [0.5, 0.6) is 0 Å². The summed E-state index contributed by atoms with van der Waals surface area (Å²) >= 11 is 0. The molecule has 0 aromatic heterocycles. The second kappa shape index (κ2) is 3.80. The van der Waals surface area contributed by atoms with Crippen molar-refractivity contribution in [2.45, 2.75) is 37.8 Å². The van der Waals surface area contributed by atoms with Crippen LogP contribution in [-0.2, 0) is 0 Å². The molecule has 0 aliphatic carbocycles. The van der Waals surface area contributed by atoms with Gasteiger partial charge in [0.2, 0.25) is 0 Å². The van der Waals surface area contributed by atoms with Crippen molar-refractivity contribution in [1.29, 1.82) is 0 Å². The van der Waals surface area contributed by atoms with E-state index in [0.29, 0.717) is 0 Å². The summed E-state index contributed by atoms with van der Waals surface area (Å²) in [4.78, 5) is 4.87. The second-order valence-corrected chi connectivity index (χ2v) is 5.25. The molecular formula is C11H22N2O. The van der Waals surface area contributed by atoms with Gasteiger partial charge in [0.15, 0.2) is 0 Å². The number of aliphatic hydroxyl groups is 1. The van der Waals surface area contributed by atoms with E-state index >= 15 is 0 Å². The fraction of sp³-hybridized carbons (Fsp3) is 1.00. The number of likely N-dealkylation sites (tertiary alicyclic amines) is 2. The first-order valence-corrected chi connectivity index (χ1v) is 5.72. The molecule has 2 fully saturated rings. The van der Waals surface area contributed by atoms with E-state index in [0.717, 1.165) is 25.6 Å². The van der Waals surface area contributed by atoms with Crippen LogP contribution in [-0.4, -0.2) is 59.8 Å². The van der Waals surface area contributed by atoms with Gasteiger partial charge in [-0.25, -0.2) is 0 Å². The van der Waals surface area contributed by atoms with Gasteiger partial charge in [-0.2, -0.15) is 0 Å². The SMILES string of the molecule is CN1CCC(N2CCC(C)(O)C2)CC1. The minimum Gasteiger partial charge on any atom is -0.389 e. The number of rotatable bonds is 1. The van der Waals surface area contributed by atoms with E-state index < -0.39 is 5.60 Å². The lowest BCUT2D eigenvalue weighted by Crippen LogP contribution is -2.44. The van der Waals surface area contributed by atoms with Crippen LogP contribution in [0.25, 0.3) is 0 Å². The molecule has 1 unspecified atom stereocenters. The Morgan fingerprint density at radius 2 is 1.86 bits per heavy atom. The minimum absolute atomic E-state index is 0.427. The van der Waals surface area contributed by atoms with Crippen LogP contribution in [0.2, 0.25) is 0 Å². The molecule has 2 rings (SSSR count). The lowest BCUT2D eigenvalue weighted by molar-refractivity contribution is 0.0542. The van der Waals surface area contributed by atoms with Gasteiger partial charge in [0, 0.05) is 19.1 Å². The van der Waals surface area contributed by atoms with Gasteiger partial charge in [-0.3, -0.25) is 4.90 Å². The van der Waals surface area contributed by atoms with Crippen LogP contribution in [0, 0.1) is 0 Å². The van der Waals surface area contributed by atoms with E-state index in [2.05, 4.69) is 16.8 Å². The molecule has 0 radical (unpaired) electrons. The number of hydrogen-bond donors (Lipinski definition) is 1. The predicted octanol–water partition coefficient (Wildman–Crippen LogP) is 0.537. The Hall–Kier alpha value is -0.120. The Kier molecular flexibility index (Phi) is 2.82. The maximum atomic E-state index is 9.90. The largest absolute Gasteiger partial charge is 0.389 e. The average molecular weight is 198 g/mol. The van der Waals surface area contributed by atoms with Gasteiger partial charge in [0.05, 0.1) is 5.60 Å². The fourth-order valence-corrected chi connectivity index (χ4v) is 2.65. The number of nitrogens with zero attached hydrogens (tertiary/aromatic N) is 2. The van der Waals surface area contributed by atoms with Crippen molar-refractivity contribution < 1.29 is 5.11 Å². The van der Waals surface area contributed by atoms with Crippen molar-refractivity contribution in [1.82, 2.24) is 9.80 Å². The molecule has 14 heavy (non-hydrogen) atoms. The topological polar surface area (TPSA) is 26.7 Å². The summed E-state index contributed by atoms with van der Waals surface area (Å²) in [6.45, 7) is 6.34. The van der Waals surface area contributed by atoms with Crippen LogP contribution in [0.3, 0.4) is 0 Å². The number of β-amino-alcohol motifs (C(OH)–C–C–N with tert-alkyl or cyclic N) is 1. The van der Waals surface area contributed by atoms with E-state index in [1.165, 1.54) is 25.9 Å². The summed E-state index contributed by atoms with van der Waals surface area (Å²) in [5.41, 5.74) is -0.427. The molecule has 0 spiro atoms.